The van der Waals surface area contributed by atoms with Crippen molar-refractivity contribution < 1.29 is 0 Å². The molecular formula is C58H39N5S. The number of rotatable bonds is 6. The van der Waals surface area contributed by atoms with Crippen molar-refractivity contribution in [1.82, 2.24) is 19.5 Å². The largest absolute Gasteiger partial charge is 0.331 e. The smallest absolute Gasteiger partial charge is 0.165 e. The third-order valence-electron chi connectivity index (χ3n) is 13.2. The molecule has 3 aromatic heterocycles. The highest BCUT2D eigenvalue weighted by molar-refractivity contribution is 7.26. The molecular weight excluding hydrogens is 799 g/mol. The summed E-state index contributed by atoms with van der Waals surface area (Å²) in [6.07, 6.45) is 9.14. The topological polar surface area (TPSA) is 46.8 Å². The molecule has 2 atom stereocenters. The lowest BCUT2D eigenvalue weighted by Crippen LogP contribution is -2.42. The van der Waals surface area contributed by atoms with Crippen molar-refractivity contribution in [2.45, 2.75) is 18.4 Å². The van der Waals surface area contributed by atoms with E-state index >= 15 is 0 Å². The zero-order chi connectivity index (χ0) is 42.4. The average molecular weight is 838 g/mol. The molecule has 13 rings (SSSR count). The predicted octanol–water partition coefficient (Wildman–Crippen LogP) is 15.1. The normalized spacial score (nSPS) is 16.6. The molecule has 0 spiro atoms. The highest BCUT2D eigenvalue weighted by atomic mass is 32.1. The minimum absolute atomic E-state index is 0.204. The maximum Gasteiger partial charge on any atom is 0.165 e. The quantitative estimate of drug-likeness (QED) is 0.167. The van der Waals surface area contributed by atoms with Crippen molar-refractivity contribution in [1.29, 1.82) is 0 Å². The van der Waals surface area contributed by atoms with Gasteiger partial charge in [-0.1, -0.05) is 158 Å². The van der Waals surface area contributed by atoms with Crippen molar-refractivity contribution in [3.8, 4) is 51.0 Å². The van der Waals surface area contributed by atoms with Gasteiger partial charge in [-0.3, -0.25) is 0 Å². The van der Waals surface area contributed by atoms with E-state index in [1.54, 1.807) is 11.3 Å². The summed E-state index contributed by atoms with van der Waals surface area (Å²) in [4.78, 5) is 18.2. The molecule has 0 radical (unpaired) electrons. The minimum atomic E-state index is -0.319. The molecule has 11 aromatic rings. The highest BCUT2D eigenvalue weighted by Gasteiger charge is 2.47. The van der Waals surface area contributed by atoms with E-state index in [9.17, 15) is 0 Å². The number of hydrogen-bond acceptors (Lipinski definition) is 5. The van der Waals surface area contributed by atoms with Crippen molar-refractivity contribution in [2.75, 3.05) is 4.90 Å². The monoisotopic (exact) mass is 837 g/mol. The first kappa shape index (κ1) is 36.7. The van der Waals surface area contributed by atoms with Crippen LogP contribution in [0, 0.1) is 0 Å². The van der Waals surface area contributed by atoms with Crippen LogP contribution in [0.5, 0.6) is 0 Å². The Morgan fingerprint density at radius 2 is 1.06 bits per heavy atom. The van der Waals surface area contributed by atoms with Gasteiger partial charge in [-0.2, -0.15) is 0 Å². The zero-order valence-corrected chi connectivity index (χ0v) is 35.7. The molecule has 8 aromatic carbocycles. The molecule has 2 unspecified atom stereocenters. The number of nitrogens with zero attached hydrogens (tertiary/aromatic N) is 5. The van der Waals surface area contributed by atoms with E-state index in [2.05, 4.69) is 192 Å². The van der Waals surface area contributed by atoms with Gasteiger partial charge < -0.3 is 9.47 Å². The summed E-state index contributed by atoms with van der Waals surface area (Å²) < 4.78 is 4.82. The summed E-state index contributed by atoms with van der Waals surface area (Å²) in [7, 11) is 0. The highest BCUT2D eigenvalue weighted by Crippen LogP contribution is 2.55. The summed E-state index contributed by atoms with van der Waals surface area (Å²) >= 11 is 1.80. The van der Waals surface area contributed by atoms with Gasteiger partial charge in [0.05, 0.1) is 16.6 Å². The first-order valence-electron chi connectivity index (χ1n) is 21.8. The van der Waals surface area contributed by atoms with Crippen molar-refractivity contribution in [3.05, 3.63) is 218 Å². The summed E-state index contributed by atoms with van der Waals surface area (Å²) in [6, 6.07) is 67.5. The Morgan fingerprint density at radius 3 is 1.78 bits per heavy atom. The number of allylic oxidation sites excluding steroid dienone is 2. The van der Waals surface area contributed by atoms with Crippen LogP contribution in [0.4, 0.5) is 11.4 Å². The van der Waals surface area contributed by atoms with Gasteiger partial charge >= 0.3 is 0 Å². The summed E-state index contributed by atoms with van der Waals surface area (Å²) in [5, 5.41) is 4.86. The third kappa shape index (κ3) is 5.66. The molecule has 4 heterocycles. The maximum absolute atomic E-state index is 5.30. The first-order valence-corrected chi connectivity index (χ1v) is 22.6. The van der Waals surface area contributed by atoms with Crippen LogP contribution >= 0.6 is 11.3 Å². The van der Waals surface area contributed by atoms with Gasteiger partial charge in [0.25, 0.3) is 0 Å². The predicted molar refractivity (Wildman–Crippen MR) is 267 cm³/mol. The molecule has 0 saturated carbocycles. The van der Waals surface area contributed by atoms with Crippen LogP contribution in [0.15, 0.2) is 212 Å². The lowest BCUT2D eigenvalue weighted by molar-refractivity contribution is 0.542. The molecule has 6 heteroatoms. The van der Waals surface area contributed by atoms with E-state index in [0.29, 0.717) is 17.5 Å². The lowest BCUT2D eigenvalue weighted by Gasteiger charge is -2.39. The van der Waals surface area contributed by atoms with Crippen LogP contribution < -0.4 is 4.90 Å². The van der Waals surface area contributed by atoms with Crippen LogP contribution in [-0.2, 0) is 0 Å². The van der Waals surface area contributed by atoms with Crippen molar-refractivity contribution in [3.63, 3.8) is 0 Å². The Labute approximate surface area is 374 Å². The Balaban J connectivity index is 1.11. The van der Waals surface area contributed by atoms with Gasteiger partial charge in [0, 0.05) is 70.6 Å². The van der Waals surface area contributed by atoms with Gasteiger partial charge in [-0.05, 0) is 78.2 Å². The van der Waals surface area contributed by atoms with Crippen LogP contribution in [0.3, 0.4) is 0 Å². The Hall–Kier alpha value is -7.93. The molecule has 0 amide bonds. The van der Waals surface area contributed by atoms with Gasteiger partial charge in [-0.15, -0.1) is 11.3 Å². The second kappa shape index (κ2) is 14.3. The van der Waals surface area contributed by atoms with Gasteiger partial charge in [0.15, 0.2) is 17.5 Å². The number of hydrogen-bond donors (Lipinski definition) is 0. The van der Waals surface area contributed by atoms with Crippen molar-refractivity contribution in [2.24, 2.45) is 0 Å². The van der Waals surface area contributed by atoms with Crippen LogP contribution in [0.1, 0.15) is 18.4 Å². The third-order valence-corrected chi connectivity index (χ3v) is 14.4. The molecule has 1 aliphatic carbocycles. The Kier molecular flexibility index (Phi) is 8.21. The average Bonchev–Trinajstić information content (AvgIpc) is 3.99. The van der Waals surface area contributed by atoms with Gasteiger partial charge in [0.1, 0.15) is 0 Å². The second-order valence-electron chi connectivity index (χ2n) is 17.0. The second-order valence-corrected chi connectivity index (χ2v) is 18.0. The number of anilines is 2. The van der Waals surface area contributed by atoms with E-state index in [1.165, 1.54) is 48.5 Å². The fourth-order valence-electron chi connectivity index (χ4n) is 10.3. The molecule has 0 N–H and O–H groups in total. The summed E-state index contributed by atoms with van der Waals surface area (Å²) in [5.74, 6) is 2.14. The minimum Gasteiger partial charge on any atom is -0.331 e. The van der Waals surface area contributed by atoms with Crippen molar-refractivity contribution >= 4 is 64.7 Å². The number of fused-ring (bicyclic) bond motifs is 9. The van der Waals surface area contributed by atoms with Crippen LogP contribution in [0.2, 0.25) is 0 Å². The number of benzene rings is 8. The molecule has 5 nitrogen and oxygen atoms in total. The first-order chi connectivity index (χ1) is 31.6. The maximum atomic E-state index is 5.30. The molecule has 2 aliphatic rings. The van der Waals surface area contributed by atoms with E-state index in [4.69, 9.17) is 15.0 Å². The summed E-state index contributed by atoms with van der Waals surface area (Å²) in [6.45, 7) is 2.38. The Bertz CT molecular complexity index is 3600. The Morgan fingerprint density at radius 1 is 0.484 bits per heavy atom. The molecule has 302 valence electrons. The fourth-order valence-corrected chi connectivity index (χ4v) is 11.5. The zero-order valence-electron chi connectivity index (χ0n) is 34.9. The molecule has 0 fully saturated rings. The van der Waals surface area contributed by atoms with E-state index in [-0.39, 0.29) is 11.5 Å². The van der Waals surface area contributed by atoms with Gasteiger partial charge in [-0.25, -0.2) is 15.0 Å². The van der Waals surface area contributed by atoms with E-state index in [0.717, 1.165) is 43.9 Å². The van der Waals surface area contributed by atoms with Crippen LogP contribution in [0.25, 0.3) is 93.0 Å². The van der Waals surface area contributed by atoms with E-state index < -0.39 is 0 Å². The van der Waals surface area contributed by atoms with E-state index in [1.807, 2.05) is 36.4 Å². The lowest BCUT2D eigenvalue weighted by atomic mass is 9.80. The molecule has 0 bridgehead atoms. The molecule has 1 aliphatic heterocycles. The fraction of sp³-hybridized carbons (Fsp3) is 0.0517. The molecule has 0 saturated heterocycles. The number of aromatic nitrogens is 4. The van der Waals surface area contributed by atoms with Gasteiger partial charge in [0.2, 0.25) is 0 Å². The SMILES string of the molecule is CC12C=CC=CC1c1ccccc1N2c1cc(-c2cc(-c3nc(-c4ccccc4)nc(-c4ccccc4)n3)c3sc4ccccc4c3c2)cc(-n2c3ccccc3c3ccccc32)c1. The van der Waals surface area contributed by atoms with Crippen LogP contribution in [-0.4, -0.2) is 25.1 Å². The standard InChI is InChI=1S/C58H39N5S/c1-58-31-17-16-26-49(58)46-25-10-14-29-52(46)63(58)42-33-39(32-41(36-42)62-50-27-12-8-22-43(50)44-23-9-13-28-51(44)62)40-34-47-45-24-11-15-30-53(45)64-54(47)48(35-40)57-60-55(37-18-4-2-5-19-37)59-56(61-57)38-20-6-3-7-21-38/h2-36,49H,1H3. The number of para-hydroxylation sites is 3. The molecule has 64 heavy (non-hydrogen) atoms. The summed E-state index contributed by atoms with van der Waals surface area (Å²) in [5.41, 5.74) is 11.9. The number of thiophene rings is 1.